The van der Waals surface area contributed by atoms with Crippen molar-refractivity contribution >= 4 is 28.5 Å². The lowest BCUT2D eigenvalue weighted by Crippen LogP contribution is -2.42. The Balaban J connectivity index is 1.11. The maximum Gasteiger partial charge on any atom is 0.410 e. The molecule has 6 nitrogen and oxygen atoms in total. The summed E-state index contributed by atoms with van der Waals surface area (Å²) in [5, 5.41) is 5.67. The van der Waals surface area contributed by atoms with Crippen LogP contribution in [0.4, 0.5) is 9.93 Å². The van der Waals surface area contributed by atoms with E-state index >= 15 is 0 Å². The number of likely N-dealkylation sites (tertiary alicyclic amines) is 1. The van der Waals surface area contributed by atoms with Gasteiger partial charge >= 0.3 is 6.09 Å². The number of nitrogens with one attached hydrogen (secondary N) is 1. The van der Waals surface area contributed by atoms with Crippen molar-refractivity contribution in [3.8, 4) is 22.4 Å². The van der Waals surface area contributed by atoms with Gasteiger partial charge in [-0.05, 0) is 80.2 Å². The zero-order valence-electron chi connectivity index (χ0n) is 22.3. The zero-order valence-corrected chi connectivity index (χ0v) is 23.1. The fourth-order valence-electron chi connectivity index (χ4n) is 6.52. The molecule has 1 saturated heterocycles. The Labute approximate surface area is 228 Å². The van der Waals surface area contributed by atoms with Gasteiger partial charge in [-0.2, -0.15) is 0 Å². The number of hydrogen-bond donors (Lipinski definition) is 1. The Kier molecular flexibility index (Phi) is 6.50. The number of aromatic nitrogens is 1. The largest absolute Gasteiger partial charge is 0.444 e. The minimum atomic E-state index is -0.526. The number of nitrogens with zero attached hydrogens (tertiary/aromatic N) is 2. The monoisotopic (exact) mass is 529 g/mol. The van der Waals surface area contributed by atoms with Crippen molar-refractivity contribution in [1.82, 2.24) is 9.88 Å². The Hall–Kier alpha value is -3.19. The number of thiazole rings is 1. The van der Waals surface area contributed by atoms with Crippen molar-refractivity contribution in [2.24, 2.45) is 11.8 Å². The van der Waals surface area contributed by atoms with E-state index in [1.807, 2.05) is 31.1 Å². The number of hydrogen-bond acceptors (Lipinski definition) is 5. The molecule has 2 amide bonds. The number of carbonyl (C=O) groups excluding carboxylic acids is 2. The first-order chi connectivity index (χ1) is 18.2. The van der Waals surface area contributed by atoms with E-state index in [0.717, 1.165) is 43.4 Å². The van der Waals surface area contributed by atoms with Gasteiger partial charge in [0.05, 0.1) is 5.69 Å². The van der Waals surface area contributed by atoms with Gasteiger partial charge < -0.3 is 15.0 Å². The van der Waals surface area contributed by atoms with Crippen LogP contribution in [0.25, 0.3) is 22.4 Å². The predicted octanol–water partition coefficient (Wildman–Crippen LogP) is 7.14. The topological polar surface area (TPSA) is 71.5 Å². The van der Waals surface area contributed by atoms with E-state index in [4.69, 9.17) is 9.72 Å². The molecular weight excluding hydrogens is 494 g/mol. The summed E-state index contributed by atoms with van der Waals surface area (Å²) < 4.78 is 5.69. The van der Waals surface area contributed by atoms with Crippen molar-refractivity contribution < 1.29 is 14.3 Å². The molecule has 2 aromatic carbocycles. The first-order valence-electron chi connectivity index (χ1n) is 13.7. The Morgan fingerprint density at radius 3 is 2.71 bits per heavy atom. The molecule has 7 heteroatoms. The Morgan fingerprint density at radius 2 is 1.87 bits per heavy atom. The standard InChI is InChI=1S/C31H35N3O3S/c1-31(2,3)37-30(36)34-17-22(25-10-6-7-11-27(25)34)16-28(35)33-29-32-26(18-38-29)20-12-13-24-21(15-20)14-19-8-4-5-9-23(19)24/h4-5,8-9,12-13,15,18,22,25,27H,6-7,10-11,14,16-17H2,1-3H3,(H,32,33,35). The lowest BCUT2D eigenvalue weighted by Gasteiger charge is -2.33. The third-order valence-corrected chi connectivity index (χ3v) is 8.89. The first-order valence-corrected chi connectivity index (χ1v) is 14.6. The van der Waals surface area contributed by atoms with Crippen molar-refractivity contribution in [2.75, 3.05) is 11.9 Å². The molecule has 2 aliphatic carbocycles. The molecule has 0 bridgehead atoms. The second-order valence-corrected chi connectivity index (χ2v) is 12.8. The second kappa shape index (κ2) is 9.84. The van der Waals surface area contributed by atoms with Gasteiger partial charge in [-0.3, -0.25) is 4.79 Å². The summed E-state index contributed by atoms with van der Waals surface area (Å²) in [7, 11) is 0. The summed E-state index contributed by atoms with van der Waals surface area (Å²) in [6.07, 6.45) is 5.41. The van der Waals surface area contributed by atoms with Crippen LogP contribution in [-0.4, -0.2) is 40.1 Å². The average molecular weight is 530 g/mol. The highest BCUT2D eigenvalue weighted by Crippen LogP contribution is 2.42. The van der Waals surface area contributed by atoms with E-state index in [2.05, 4.69) is 47.8 Å². The molecule has 3 atom stereocenters. The first kappa shape index (κ1) is 25.1. The number of rotatable bonds is 4. The molecule has 3 aliphatic rings. The van der Waals surface area contributed by atoms with Crippen LogP contribution >= 0.6 is 11.3 Å². The highest BCUT2D eigenvalue weighted by molar-refractivity contribution is 7.14. The maximum absolute atomic E-state index is 13.1. The number of ether oxygens (including phenoxy) is 1. The average Bonchev–Trinajstić information content (AvgIpc) is 3.58. The molecule has 198 valence electrons. The van der Waals surface area contributed by atoms with E-state index in [1.54, 1.807) is 0 Å². The van der Waals surface area contributed by atoms with Crippen LogP contribution in [0, 0.1) is 11.8 Å². The lowest BCUT2D eigenvalue weighted by molar-refractivity contribution is -0.117. The Morgan fingerprint density at radius 1 is 1.08 bits per heavy atom. The molecule has 1 saturated carbocycles. The van der Waals surface area contributed by atoms with Gasteiger partial charge in [0.2, 0.25) is 5.91 Å². The Bertz CT molecular complexity index is 1370. The maximum atomic E-state index is 13.1. The fraction of sp³-hybridized carbons (Fsp3) is 0.452. The summed E-state index contributed by atoms with van der Waals surface area (Å²) in [4.78, 5) is 32.6. The van der Waals surface area contributed by atoms with Gasteiger partial charge in [-0.15, -0.1) is 11.3 Å². The summed E-state index contributed by atoms with van der Waals surface area (Å²) in [5.74, 6) is 0.464. The van der Waals surface area contributed by atoms with Gasteiger partial charge in [-0.25, -0.2) is 9.78 Å². The van der Waals surface area contributed by atoms with Crippen LogP contribution in [0.3, 0.4) is 0 Å². The number of carbonyl (C=O) groups is 2. The highest BCUT2D eigenvalue weighted by Gasteiger charge is 2.46. The predicted molar refractivity (Wildman–Crippen MR) is 151 cm³/mol. The molecule has 3 unspecified atom stereocenters. The van der Waals surface area contributed by atoms with Crippen molar-refractivity contribution in [2.45, 2.75) is 70.9 Å². The molecule has 2 fully saturated rings. The van der Waals surface area contributed by atoms with Crippen molar-refractivity contribution in [3.63, 3.8) is 0 Å². The number of anilines is 1. The molecule has 1 aliphatic heterocycles. The second-order valence-electron chi connectivity index (χ2n) is 11.9. The SMILES string of the molecule is CC(C)(C)OC(=O)N1CC(CC(=O)Nc2nc(-c3ccc4c(c3)Cc3ccccc3-4)cs2)C2CCCCC21. The summed E-state index contributed by atoms with van der Waals surface area (Å²) in [5.41, 5.74) is 6.73. The number of benzene rings is 2. The number of fused-ring (bicyclic) bond motifs is 4. The molecule has 3 aromatic rings. The van der Waals surface area contributed by atoms with E-state index in [0.29, 0.717) is 24.0 Å². The van der Waals surface area contributed by atoms with Crippen LogP contribution < -0.4 is 5.32 Å². The van der Waals surface area contributed by atoms with Crippen molar-refractivity contribution in [3.05, 3.63) is 59.0 Å². The molecule has 1 aromatic heterocycles. The van der Waals surface area contributed by atoms with Crippen molar-refractivity contribution in [1.29, 1.82) is 0 Å². The van der Waals surface area contributed by atoms with E-state index in [-0.39, 0.29) is 24.0 Å². The van der Waals surface area contributed by atoms with Crippen LogP contribution in [0.2, 0.25) is 0 Å². The third-order valence-electron chi connectivity index (χ3n) is 8.13. The molecule has 0 spiro atoms. The van der Waals surface area contributed by atoms with Gasteiger partial charge in [0.1, 0.15) is 5.60 Å². The lowest BCUT2D eigenvalue weighted by atomic mass is 9.78. The van der Waals surface area contributed by atoms with E-state index in [9.17, 15) is 9.59 Å². The summed E-state index contributed by atoms with van der Waals surface area (Å²) in [6, 6.07) is 15.3. The summed E-state index contributed by atoms with van der Waals surface area (Å²) >= 11 is 1.46. The molecule has 0 radical (unpaired) electrons. The summed E-state index contributed by atoms with van der Waals surface area (Å²) in [6.45, 7) is 6.27. The molecule has 1 N–H and O–H groups in total. The third kappa shape index (κ3) is 4.96. The van der Waals surface area contributed by atoms with Gasteiger partial charge in [0.15, 0.2) is 5.13 Å². The van der Waals surface area contributed by atoms with Gasteiger partial charge in [-0.1, -0.05) is 49.2 Å². The minimum Gasteiger partial charge on any atom is -0.444 e. The van der Waals surface area contributed by atoms with Crippen LogP contribution in [-0.2, 0) is 16.0 Å². The zero-order chi connectivity index (χ0) is 26.4. The van der Waals surface area contributed by atoms with Crippen LogP contribution in [0.15, 0.2) is 47.8 Å². The molecular formula is C31H35N3O3S. The van der Waals surface area contributed by atoms with E-state index < -0.39 is 5.60 Å². The quantitative estimate of drug-likeness (QED) is 0.305. The fourth-order valence-corrected chi connectivity index (χ4v) is 7.26. The normalized spacial score (nSPS) is 22.0. The van der Waals surface area contributed by atoms with Gasteiger partial charge in [0.25, 0.3) is 0 Å². The molecule has 6 rings (SSSR count). The minimum absolute atomic E-state index is 0.0318. The highest BCUT2D eigenvalue weighted by atomic mass is 32.1. The van der Waals surface area contributed by atoms with Crippen LogP contribution in [0.1, 0.15) is 64.0 Å². The van der Waals surface area contributed by atoms with Gasteiger partial charge in [0, 0.05) is 30.0 Å². The smallest absolute Gasteiger partial charge is 0.410 e. The van der Waals surface area contributed by atoms with E-state index in [1.165, 1.54) is 33.6 Å². The van der Waals surface area contributed by atoms with Crippen LogP contribution in [0.5, 0.6) is 0 Å². The molecule has 2 heterocycles. The number of amides is 2. The molecule has 38 heavy (non-hydrogen) atoms.